The Bertz CT molecular complexity index is 1200. The first-order chi connectivity index (χ1) is 13.2. The Balaban J connectivity index is 2.03. The predicted octanol–water partition coefficient (Wildman–Crippen LogP) is -0.357. The zero-order valence-corrected chi connectivity index (χ0v) is 16.0. The monoisotopic (exact) mass is 407 g/mol. The van der Waals surface area contributed by atoms with Gasteiger partial charge in [-0.3, -0.25) is 9.59 Å². The number of nitrogens with zero attached hydrogens (tertiary/aromatic N) is 4. The van der Waals surface area contributed by atoms with E-state index in [9.17, 15) is 18.0 Å². The number of amides is 1. The first-order valence-corrected chi connectivity index (χ1v) is 9.50. The smallest absolute Gasteiger partial charge is 0.303 e. The number of hydrogen-bond donors (Lipinski definition) is 3. The van der Waals surface area contributed by atoms with Crippen LogP contribution in [0.15, 0.2) is 23.0 Å². The van der Waals surface area contributed by atoms with Crippen LogP contribution in [0.3, 0.4) is 0 Å². The summed E-state index contributed by atoms with van der Waals surface area (Å²) in [5.41, 5.74) is 0.230. The highest BCUT2D eigenvalue weighted by Crippen LogP contribution is 2.29. The van der Waals surface area contributed by atoms with Gasteiger partial charge in [-0.25, -0.2) is 14.8 Å². The van der Waals surface area contributed by atoms with Crippen LogP contribution in [0, 0.1) is 0 Å². The van der Waals surface area contributed by atoms with Crippen LogP contribution >= 0.6 is 0 Å². The molecule has 0 radical (unpaired) electrons. The first-order valence-electron chi connectivity index (χ1n) is 8.06. The van der Waals surface area contributed by atoms with E-state index in [0.717, 1.165) is 4.31 Å². The lowest BCUT2D eigenvalue weighted by Gasteiger charge is -2.14. The van der Waals surface area contributed by atoms with Crippen LogP contribution in [0.2, 0.25) is 0 Å². The minimum atomic E-state index is -3.94. The van der Waals surface area contributed by atoms with Crippen molar-refractivity contribution >= 4 is 27.3 Å². The fourth-order valence-corrected chi connectivity index (χ4v) is 2.82. The number of benzene rings is 1. The van der Waals surface area contributed by atoms with Crippen LogP contribution < -0.4 is 15.0 Å². The molecule has 0 aliphatic carbocycles. The second-order valence-corrected chi connectivity index (χ2v) is 7.67. The summed E-state index contributed by atoms with van der Waals surface area (Å²) in [7, 11) is -1.34. The van der Waals surface area contributed by atoms with Gasteiger partial charge in [0, 0.05) is 19.7 Å². The Morgan fingerprint density at radius 2 is 2.07 bits per heavy atom. The summed E-state index contributed by atoms with van der Waals surface area (Å²) in [6.07, 6.45) is 0. The van der Waals surface area contributed by atoms with Gasteiger partial charge in [-0.05, 0) is 25.1 Å². The molecule has 0 bridgehead atoms. The molecule has 0 aliphatic rings. The van der Waals surface area contributed by atoms with Gasteiger partial charge in [-0.1, -0.05) is 5.21 Å². The lowest BCUT2D eigenvalue weighted by molar-refractivity contribution is 0.0979. The number of carbonyl (C=O) groups is 1. The Hall–Kier alpha value is -3.32. The zero-order valence-electron chi connectivity index (χ0n) is 15.2. The van der Waals surface area contributed by atoms with Gasteiger partial charge in [-0.15, -0.1) is 5.10 Å². The molecule has 1 amide bonds. The summed E-state index contributed by atoms with van der Waals surface area (Å²) in [4.78, 5) is 31.2. The Morgan fingerprint density at radius 1 is 1.32 bits per heavy atom. The van der Waals surface area contributed by atoms with Crippen LogP contribution in [-0.4, -0.2) is 64.7 Å². The third-order valence-corrected chi connectivity index (χ3v) is 5.11. The van der Waals surface area contributed by atoms with E-state index in [1.165, 1.54) is 32.3 Å². The number of hydrogen-bond acceptors (Lipinski definition) is 8. The Kier molecular flexibility index (Phi) is 5.11. The topological polar surface area (TPSA) is 163 Å². The van der Waals surface area contributed by atoms with Gasteiger partial charge in [0.15, 0.2) is 11.2 Å². The third kappa shape index (κ3) is 3.70. The molecule has 0 aliphatic heterocycles. The van der Waals surface area contributed by atoms with Crippen LogP contribution in [0.25, 0.3) is 22.6 Å². The minimum Gasteiger partial charge on any atom is -0.493 e. The van der Waals surface area contributed by atoms with E-state index < -0.39 is 21.7 Å². The Morgan fingerprint density at radius 3 is 2.75 bits per heavy atom. The van der Waals surface area contributed by atoms with E-state index in [2.05, 4.69) is 25.4 Å². The maximum absolute atomic E-state index is 12.3. The summed E-state index contributed by atoms with van der Waals surface area (Å²) in [5, 5.41) is 9.70. The van der Waals surface area contributed by atoms with Crippen molar-refractivity contribution in [2.45, 2.75) is 6.92 Å². The average molecular weight is 407 g/mol. The molecule has 3 aromatic rings. The van der Waals surface area contributed by atoms with E-state index in [1.54, 1.807) is 6.92 Å². The highest BCUT2D eigenvalue weighted by molar-refractivity contribution is 7.87. The van der Waals surface area contributed by atoms with Crippen molar-refractivity contribution in [3.05, 3.63) is 34.1 Å². The van der Waals surface area contributed by atoms with Crippen molar-refractivity contribution in [1.29, 1.82) is 0 Å². The second-order valence-electron chi connectivity index (χ2n) is 5.79. The summed E-state index contributed by atoms with van der Waals surface area (Å²) in [5.74, 6) is -0.400. The fourth-order valence-electron chi connectivity index (χ4n) is 2.29. The van der Waals surface area contributed by atoms with Crippen molar-refractivity contribution in [2.75, 3.05) is 20.7 Å². The molecule has 148 valence electrons. The number of ether oxygens (including phenoxy) is 1. The summed E-state index contributed by atoms with van der Waals surface area (Å²) >= 11 is 0. The molecule has 3 N–H and O–H groups in total. The van der Waals surface area contributed by atoms with Crippen molar-refractivity contribution in [3.63, 3.8) is 0 Å². The maximum atomic E-state index is 12.3. The van der Waals surface area contributed by atoms with Crippen molar-refractivity contribution in [1.82, 2.24) is 34.4 Å². The van der Waals surface area contributed by atoms with Gasteiger partial charge in [0.1, 0.15) is 11.6 Å². The summed E-state index contributed by atoms with van der Waals surface area (Å²) in [6, 6.07) is 4.26. The molecule has 1 aromatic carbocycles. The number of fused-ring (bicyclic) bond motifs is 1. The predicted molar refractivity (Wildman–Crippen MR) is 99.0 cm³/mol. The average Bonchev–Trinajstić information content (AvgIpc) is 3.10. The van der Waals surface area contributed by atoms with E-state index in [1.807, 2.05) is 4.72 Å². The molecule has 3 rings (SSSR count). The lowest BCUT2D eigenvalue weighted by Crippen LogP contribution is -2.39. The number of carbonyl (C=O) groups excluding carboxylic acids is 1. The maximum Gasteiger partial charge on any atom is 0.303 e. The lowest BCUT2D eigenvalue weighted by atomic mass is 10.1. The SMILES string of the molecule is CCOc1cc(C(=O)NS(=O)(=O)N(C)C)ccc1-c1nc2[nH]nnc2c(=O)[nH]1. The van der Waals surface area contributed by atoms with E-state index in [0.29, 0.717) is 5.56 Å². The first kappa shape index (κ1) is 19.4. The van der Waals surface area contributed by atoms with Crippen molar-refractivity contribution in [3.8, 4) is 17.1 Å². The summed E-state index contributed by atoms with van der Waals surface area (Å²) in [6.45, 7) is 2.01. The normalized spacial score (nSPS) is 11.7. The molecule has 0 spiro atoms. The molecule has 12 nitrogen and oxygen atoms in total. The van der Waals surface area contributed by atoms with Gasteiger partial charge < -0.3 is 9.72 Å². The molecule has 0 fully saturated rings. The highest BCUT2D eigenvalue weighted by atomic mass is 32.2. The van der Waals surface area contributed by atoms with Crippen LogP contribution in [-0.2, 0) is 10.2 Å². The molecule has 0 unspecified atom stereocenters. The number of aromatic amines is 2. The standard InChI is InChI=1S/C15H17N7O5S/c1-4-27-10-7-8(14(23)20-28(25,26)22(2)3)5-6-9(10)12-16-13-11(15(24)17-12)18-21-19-13/h5-7H,4H2,1-3H3,(H,20,23)(H2,16,17,18,19,21,24). The molecule has 2 heterocycles. The quantitative estimate of drug-likeness (QED) is 0.499. The number of nitrogens with one attached hydrogen (secondary N) is 3. The van der Waals surface area contributed by atoms with Crippen LogP contribution in [0.5, 0.6) is 5.75 Å². The second kappa shape index (κ2) is 7.36. The number of rotatable bonds is 6. The molecule has 13 heteroatoms. The summed E-state index contributed by atoms with van der Waals surface area (Å²) < 4.78 is 32.1. The highest BCUT2D eigenvalue weighted by Gasteiger charge is 2.20. The third-order valence-electron chi connectivity index (χ3n) is 3.70. The molecular weight excluding hydrogens is 390 g/mol. The van der Waals surface area contributed by atoms with Crippen LogP contribution in [0.4, 0.5) is 0 Å². The molecule has 0 atom stereocenters. The molecule has 2 aromatic heterocycles. The Labute approximate surface area is 159 Å². The van der Waals surface area contributed by atoms with Gasteiger partial charge >= 0.3 is 10.2 Å². The number of H-pyrrole nitrogens is 2. The molecule has 0 saturated carbocycles. The van der Waals surface area contributed by atoms with Gasteiger partial charge in [0.05, 0.1) is 12.2 Å². The zero-order chi connectivity index (χ0) is 20.5. The largest absolute Gasteiger partial charge is 0.493 e. The van der Waals surface area contributed by atoms with E-state index in [-0.39, 0.29) is 34.9 Å². The van der Waals surface area contributed by atoms with E-state index >= 15 is 0 Å². The van der Waals surface area contributed by atoms with Gasteiger partial charge in [0.2, 0.25) is 0 Å². The minimum absolute atomic E-state index is 0.0595. The van der Waals surface area contributed by atoms with Crippen LogP contribution in [0.1, 0.15) is 17.3 Å². The number of aromatic nitrogens is 5. The van der Waals surface area contributed by atoms with Crippen molar-refractivity contribution < 1.29 is 17.9 Å². The van der Waals surface area contributed by atoms with E-state index in [4.69, 9.17) is 4.74 Å². The fraction of sp³-hybridized carbons (Fsp3) is 0.267. The molecule has 0 saturated heterocycles. The van der Waals surface area contributed by atoms with Crippen molar-refractivity contribution in [2.24, 2.45) is 0 Å². The molecular formula is C15H17N7O5S. The molecule has 28 heavy (non-hydrogen) atoms. The van der Waals surface area contributed by atoms with Gasteiger partial charge in [0.25, 0.3) is 11.5 Å². The van der Waals surface area contributed by atoms with Gasteiger partial charge in [-0.2, -0.15) is 12.7 Å².